The van der Waals surface area contributed by atoms with Crippen LogP contribution in [0.25, 0.3) is 0 Å². The molecule has 110 valence electrons. The summed E-state index contributed by atoms with van der Waals surface area (Å²) in [5.74, 6) is 1.89. The molecule has 0 aromatic heterocycles. The van der Waals surface area contributed by atoms with Crippen molar-refractivity contribution in [3.05, 3.63) is 28.2 Å². The molecule has 0 unspecified atom stereocenters. The molecule has 2 fully saturated rings. The van der Waals surface area contributed by atoms with Crippen molar-refractivity contribution in [2.75, 3.05) is 19.7 Å². The summed E-state index contributed by atoms with van der Waals surface area (Å²) in [6, 6.07) is 6.23. The van der Waals surface area contributed by atoms with Crippen molar-refractivity contribution < 1.29 is 4.74 Å². The van der Waals surface area contributed by atoms with Crippen LogP contribution in [0.15, 0.2) is 22.7 Å². The first kappa shape index (κ1) is 14.4. The molecule has 20 heavy (non-hydrogen) atoms. The highest BCUT2D eigenvalue weighted by Crippen LogP contribution is 2.52. The van der Waals surface area contributed by atoms with Crippen LogP contribution in [-0.2, 0) is 0 Å². The van der Waals surface area contributed by atoms with Crippen molar-refractivity contribution in [3.8, 4) is 5.75 Å². The summed E-state index contributed by atoms with van der Waals surface area (Å²) < 4.78 is 7.04. The van der Waals surface area contributed by atoms with Crippen LogP contribution in [0.5, 0.6) is 5.75 Å². The van der Waals surface area contributed by atoms with E-state index in [1.165, 1.54) is 50.8 Å². The summed E-state index contributed by atoms with van der Waals surface area (Å²) in [5, 5.41) is 3.47. The molecule has 1 aromatic carbocycles. The molecular formula is C17H24BrNO. The van der Waals surface area contributed by atoms with Gasteiger partial charge in [-0.1, -0.05) is 15.9 Å². The third-order valence-corrected chi connectivity index (χ3v) is 5.92. The average Bonchev–Trinajstić information content (AvgIpc) is 2.42. The fourth-order valence-corrected chi connectivity index (χ4v) is 4.03. The second kappa shape index (κ2) is 6.07. The molecular weight excluding hydrogens is 314 g/mol. The lowest BCUT2D eigenvalue weighted by Crippen LogP contribution is -2.45. The van der Waals surface area contributed by atoms with Crippen molar-refractivity contribution in [2.45, 2.75) is 39.0 Å². The smallest absolute Gasteiger partial charge is 0.119 e. The van der Waals surface area contributed by atoms with Crippen LogP contribution in [0.4, 0.5) is 0 Å². The Labute approximate surface area is 130 Å². The van der Waals surface area contributed by atoms with E-state index >= 15 is 0 Å². The predicted molar refractivity (Wildman–Crippen MR) is 86.3 cm³/mol. The van der Waals surface area contributed by atoms with E-state index in [1.807, 2.05) is 6.07 Å². The number of ether oxygens (including phenoxy) is 1. The van der Waals surface area contributed by atoms with Crippen molar-refractivity contribution in [2.24, 2.45) is 11.3 Å². The van der Waals surface area contributed by atoms with Gasteiger partial charge in [-0.05, 0) is 87.2 Å². The SMILES string of the molecule is Cc1cc(OCCC2CC3(CCNCC3)C2)ccc1Br. The van der Waals surface area contributed by atoms with Gasteiger partial charge >= 0.3 is 0 Å². The van der Waals surface area contributed by atoms with Gasteiger partial charge in [0.15, 0.2) is 0 Å². The molecule has 1 saturated heterocycles. The molecule has 0 atom stereocenters. The zero-order valence-electron chi connectivity index (χ0n) is 12.3. The summed E-state index contributed by atoms with van der Waals surface area (Å²) in [4.78, 5) is 0. The highest BCUT2D eigenvalue weighted by molar-refractivity contribution is 9.10. The number of halogens is 1. The Kier molecular flexibility index (Phi) is 4.37. The predicted octanol–water partition coefficient (Wildman–Crippen LogP) is 4.31. The lowest BCUT2D eigenvalue weighted by molar-refractivity contribution is 0.0113. The summed E-state index contributed by atoms with van der Waals surface area (Å²) in [6.45, 7) is 5.41. The van der Waals surface area contributed by atoms with Crippen LogP contribution in [0, 0.1) is 18.3 Å². The van der Waals surface area contributed by atoms with Gasteiger partial charge in [0.25, 0.3) is 0 Å². The summed E-state index contributed by atoms with van der Waals surface area (Å²) in [5.41, 5.74) is 1.93. The molecule has 0 radical (unpaired) electrons. The van der Waals surface area contributed by atoms with Crippen molar-refractivity contribution in [1.82, 2.24) is 5.32 Å². The van der Waals surface area contributed by atoms with Gasteiger partial charge in [-0.2, -0.15) is 0 Å². The average molecular weight is 338 g/mol. The van der Waals surface area contributed by atoms with Gasteiger partial charge < -0.3 is 10.1 Å². The van der Waals surface area contributed by atoms with Gasteiger partial charge in [0.1, 0.15) is 5.75 Å². The van der Waals surface area contributed by atoms with Crippen LogP contribution in [0.2, 0.25) is 0 Å². The summed E-state index contributed by atoms with van der Waals surface area (Å²) in [7, 11) is 0. The third kappa shape index (κ3) is 3.20. The molecule has 1 heterocycles. The number of hydrogen-bond acceptors (Lipinski definition) is 2. The van der Waals surface area contributed by atoms with Crippen molar-refractivity contribution in [3.63, 3.8) is 0 Å². The number of aryl methyl sites for hydroxylation is 1. The Morgan fingerprint density at radius 3 is 2.75 bits per heavy atom. The molecule has 0 bridgehead atoms. The summed E-state index contributed by atoms with van der Waals surface area (Å²) in [6.07, 6.45) is 6.84. The normalized spacial score (nSPS) is 21.7. The van der Waals surface area contributed by atoms with Crippen molar-refractivity contribution >= 4 is 15.9 Å². The first-order valence-corrected chi connectivity index (χ1v) is 8.56. The Morgan fingerprint density at radius 1 is 1.30 bits per heavy atom. The van der Waals surface area contributed by atoms with E-state index in [-0.39, 0.29) is 0 Å². The maximum absolute atomic E-state index is 5.89. The summed E-state index contributed by atoms with van der Waals surface area (Å²) >= 11 is 3.52. The maximum Gasteiger partial charge on any atom is 0.119 e. The monoisotopic (exact) mass is 337 g/mol. The first-order chi connectivity index (χ1) is 9.67. The fourth-order valence-electron chi connectivity index (χ4n) is 3.78. The van der Waals surface area contributed by atoms with Gasteiger partial charge in [-0.3, -0.25) is 0 Å². The van der Waals surface area contributed by atoms with Crippen molar-refractivity contribution in [1.29, 1.82) is 0 Å². The highest BCUT2D eigenvalue weighted by atomic mass is 79.9. The zero-order chi connectivity index (χ0) is 14.0. The quantitative estimate of drug-likeness (QED) is 0.883. The number of rotatable bonds is 4. The van der Waals surface area contributed by atoms with E-state index in [2.05, 4.69) is 40.3 Å². The molecule has 1 saturated carbocycles. The molecule has 1 aromatic rings. The molecule has 1 N–H and O–H groups in total. The number of hydrogen-bond donors (Lipinski definition) is 1. The van der Waals surface area contributed by atoms with Gasteiger partial charge in [-0.15, -0.1) is 0 Å². The Hall–Kier alpha value is -0.540. The largest absolute Gasteiger partial charge is 0.494 e. The molecule has 0 amide bonds. The van der Waals surface area contributed by atoms with E-state index in [0.717, 1.165) is 22.7 Å². The van der Waals surface area contributed by atoms with E-state index < -0.39 is 0 Å². The number of nitrogens with one attached hydrogen (secondary N) is 1. The standard InChI is InChI=1S/C17H24BrNO/c1-13-10-15(2-3-16(13)18)20-9-4-14-11-17(12-14)5-7-19-8-6-17/h2-3,10,14,19H,4-9,11-12H2,1H3. The highest BCUT2D eigenvalue weighted by Gasteiger charge is 2.43. The second-order valence-corrected chi connectivity index (χ2v) is 7.43. The maximum atomic E-state index is 5.89. The second-order valence-electron chi connectivity index (χ2n) is 6.57. The third-order valence-electron chi connectivity index (χ3n) is 5.03. The Morgan fingerprint density at radius 2 is 2.05 bits per heavy atom. The topological polar surface area (TPSA) is 21.3 Å². The molecule has 3 heteroatoms. The molecule has 1 aliphatic carbocycles. The first-order valence-electron chi connectivity index (χ1n) is 7.77. The van der Waals surface area contributed by atoms with Crippen LogP contribution < -0.4 is 10.1 Å². The Bertz CT molecular complexity index is 460. The number of benzene rings is 1. The Balaban J connectivity index is 1.39. The minimum Gasteiger partial charge on any atom is -0.494 e. The molecule has 2 nitrogen and oxygen atoms in total. The van der Waals surface area contributed by atoms with Gasteiger partial charge in [0, 0.05) is 4.47 Å². The van der Waals surface area contributed by atoms with Gasteiger partial charge in [0.05, 0.1) is 6.61 Å². The van der Waals surface area contributed by atoms with E-state index in [9.17, 15) is 0 Å². The number of piperidine rings is 1. The van der Waals surface area contributed by atoms with E-state index in [0.29, 0.717) is 5.41 Å². The van der Waals surface area contributed by atoms with Crippen LogP contribution in [-0.4, -0.2) is 19.7 Å². The lowest BCUT2D eigenvalue weighted by Gasteiger charge is -2.50. The zero-order valence-corrected chi connectivity index (χ0v) is 13.8. The molecule has 3 rings (SSSR count). The fraction of sp³-hybridized carbons (Fsp3) is 0.647. The molecule has 2 aliphatic rings. The minimum absolute atomic E-state index is 0.699. The van der Waals surface area contributed by atoms with Gasteiger partial charge in [0.2, 0.25) is 0 Å². The van der Waals surface area contributed by atoms with E-state index in [1.54, 1.807) is 0 Å². The van der Waals surface area contributed by atoms with E-state index in [4.69, 9.17) is 4.74 Å². The van der Waals surface area contributed by atoms with Crippen LogP contribution in [0.3, 0.4) is 0 Å². The lowest BCUT2D eigenvalue weighted by atomic mass is 9.57. The van der Waals surface area contributed by atoms with Crippen LogP contribution >= 0.6 is 15.9 Å². The van der Waals surface area contributed by atoms with Crippen LogP contribution in [0.1, 0.15) is 37.7 Å². The molecule has 1 spiro atoms. The van der Waals surface area contributed by atoms with Gasteiger partial charge in [-0.25, -0.2) is 0 Å². The molecule has 1 aliphatic heterocycles. The minimum atomic E-state index is 0.699.